The van der Waals surface area contributed by atoms with Crippen LogP contribution in [-0.4, -0.2) is 62.7 Å². The van der Waals surface area contributed by atoms with Crippen LogP contribution in [0.4, 0.5) is 0 Å². The highest BCUT2D eigenvalue weighted by Gasteiger charge is 2.20. The Bertz CT molecular complexity index is 933. The van der Waals surface area contributed by atoms with E-state index in [-0.39, 0.29) is 5.91 Å². The molecule has 0 aromatic heterocycles. The highest BCUT2D eigenvalue weighted by atomic mass is 16.5. The van der Waals surface area contributed by atoms with Crippen molar-refractivity contribution in [3.05, 3.63) is 59.2 Å². The minimum atomic E-state index is 0.0671. The molecule has 1 fully saturated rings. The van der Waals surface area contributed by atoms with Gasteiger partial charge in [0.15, 0.2) is 11.5 Å². The lowest BCUT2D eigenvalue weighted by molar-refractivity contribution is -0.127. The number of fused-ring (bicyclic) bond motifs is 1. The molecule has 0 radical (unpaired) electrons. The Balaban J connectivity index is 1.29. The average molecular weight is 408 g/mol. The molecule has 1 saturated heterocycles. The maximum Gasteiger partial charge on any atom is 0.246 e. The van der Waals surface area contributed by atoms with Gasteiger partial charge >= 0.3 is 0 Å². The number of rotatable bonds is 6. The second kappa shape index (κ2) is 9.22. The van der Waals surface area contributed by atoms with Crippen molar-refractivity contribution in [2.75, 3.05) is 47.0 Å². The number of piperazine rings is 1. The molecule has 0 atom stereocenters. The van der Waals surface area contributed by atoms with E-state index in [2.05, 4.69) is 17.0 Å². The second-order valence-corrected chi connectivity index (χ2v) is 7.59. The average Bonchev–Trinajstić information content (AvgIpc) is 3.26. The molecule has 30 heavy (non-hydrogen) atoms. The van der Waals surface area contributed by atoms with Gasteiger partial charge in [-0.1, -0.05) is 12.1 Å². The highest BCUT2D eigenvalue weighted by Crippen LogP contribution is 2.28. The molecule has 6 nitrogen and oxygen atoms in total. The number of benzene rings is 2. The van der Waals surface area contributed by atoms with Crippen LogP contribution in [0, 0.1) is 0 Å². The van der Waals surface area contributed by atoms with Crippen LogP contribution >= 0.6 is 0 Å². The fourth-order valence-electron chi connectivity index (χ4n) is 3.95. The summed E-state index contributed by atoms with van der Waals surface area (Å²) < 4.78 is 16.2. The standard InChI is InChI=1S/C24H28N2O4/c1-28-22-7-4-19(16-23(22)29-2)17-25-10-12-26(13-11-25)24(27)8-5-18-3-6-21-20(15-18)9-14-30-21/h3-8,15-16H,9-14,17H2,1-2H3/b8-5+. The van der Waals surface area contributed by atoms with E-state index in [1.807, 2.05) is 35.2 Å². The molecule has 158 valence electrons. The van der Waals surface area contributed by atoms with Gasteiger partial charge in [0.25, 0.3) is 0 Å². The normalized spacial score (nSPS) is 16.4. The Hall–Kier alpha value is -2.99. The SMILES string of the molecule is COc1ccc(CN2CCN(C(=O)/C=C/c3ccc4c(c3)CCO4)CC2)cc1OC. The third-order valence-electron chi connectivity index (χ3n) is 5.67. The van der Waals surface area contributed by atoms with Crippen LogP contribution in [0.5, 0.6) is 17.2 Å². The van der Waals surface area contributed by atoms with Crippen molar-refractivity contribution in [2.24, 2.45) is 0 Å². The highest BCUT2D eigenvalue weighted by molar-refractivity contribution is 5.91. The molecule has 0 N–H and O–H groups in total. The summed E-state index contributed by atoms with van der Waals surface area (Å²) in [4.78, 5) is 16.9. The van der Waals surface area contributed by atoms with Gasteiger partial charge in [-0.05, 0) is 47.0 Å². The third-order valence-corrected chi connectivity index (χ3v) is 5.67. The fourth-order valence-corrected chi connectivity index (χ4v) is 3.95. The molecular formula is C24H28N2O4. The zero-order valence-corrected chi connectivity index (χ0v) is 17.6. The topological polar surface area (TPSA) is 51.2 Å². The number of ether oxygens (including phenoxy) is 3. The summed E-state index contributed by atoms with van der Waals surface area (Å²) in [5.74, 6) is 2.51. The number of hydrogen-bond acceptors (Lipinski definition) is 5. The molecular weight excluding hydrogens is 380 g/mol. The molecule has 2 aliphatic heterocycles. The lowest BCUT2D eigenvalue weighted by Gasteiger charge is -2.34. The summed E-state index contributed by atoms with van der Waals surface area (Å²) in [5.41, 5.74) is 3.43. The monoisotopic (exact) mass is 408 g/mol. The lowest BCUT2D eigenvalue weighted by Crippen LogP contribution is -2.47. The predicted octanol–water partition coefficient (Wildman–Crippen LogP) is 3.00. The van der Waals surface area contributed by atoms with Crippen molar-refractivity contribution in [1.29, 1.82) is 0 Å². The largest absolute Gasteiger partial charge is 0.493 e. The summed E-state index contributed by atoms with van der Waals surface area (Å²) in [6.45, 7) is 4.74. The van der Waals surface area contributed by atoms with Gasteiger partial charge in [-0.15, -0.1) is 0 Å². The molecule has 0 saturated carbocycles. The predicted molar refractivity (Wildman–Crippen MR) is 116 cm³/mol. The minimum absolute atomic E-state index is 0.0671. The Morgan fingerprint density at radius 1 is 1.03 bits per heavy atom. The van der Waals surface area contributed by atoms with E-state index in [1.165, 1.54) is 11.1 Å². The van der Waals surface area contributed by atoms with E-state index in [9.17, 15) is 4.79 Å². The van der Waals surface area contributed by atoms with Crippen molar-refractivity contribution >= 4 is 12.0 Å². The van der Waals surface area contributed by atoms with Crippen molar-refractivity contribution in [1.82, 2.24) is 9.80 Å². The molecule has 2 aromatic carbocycles. The molecule has 0 spiro atoms. The van der Waals surface area contributed by atoms with Gasteiger partial charge in [0, 0.05) is 45.2 Å². The van der Waals surface area contributed by atoms with E-state index in [1.54, 1.807) is 20.3 Å². The third kappa shape index (κ3) is 4.60. The van der Waals surface area contributed by atoms with Crippen LogP contribution in [0.2, 0.25) is 0 Å². The maximum atomic E-state index is 12.6. The minimum Gasteiger partial charge on any atom is -0.493 e. The first-order chi connectivity index (χ1) is 14.7. The van der Waals surface area contributed by atoms with Gasteiger partial charge in [-0.3, -0.25) is 9.69 Å². The molecule has 0 unspecified atom stereocenters. The second-order valence-electron chi connectivity index (χ2n) is 7.59. The summed E-state index contributed by atoms with van der Waals surface area (Å²) in [7, 11) is 3.29. The number of carbonyl (C=O) groups excluding carboxylic acids is 1. The molecule has 0 bridgehead atoms. The smallest absolute Gasteiger partial charge is 0.246 e. The van der Waals surface area contributed by atoms with E-state index < -0.39 is 0 Å². The van der Waals surface area contributed by atoms with E-state index in [0.29, 0.717) is 0 Å². The van der Waals surface area contributed by atoms with Gasteiger partial charge in [0.1, 0.15) is 5.75 Å². The van der Waals surface area contributed by atoms with Crippen LogP contribution in [0.15, 0.2) is 42.5 Å². The van der Waals surface area contributed by atoms with E-state index in [4.69, 9.17) is 14.2 Å². The molecule has 6 heteroatoms. The number of nitrogens with zero attached hydrogens (tertiary/aromatic N) is 2. The number of amides is 1. The first-order valence-corrected chi connectivity index (χ1v) is 10.3. The van der Waals surface area contributed by atoms with Gasteiger partial charge in [0.2, 0.25) is 5.91 Å². The van der Waals surface area contributed by atoms with Crippen LogP contribution in [-0.2, 0) is 17.8 Å². The number of methoxy groups -OCH3 is 2. The van der Waals surface area contributed by atoms with E-state index in [0.717, 1.165) is 68.6 Å². The summed E-state index contributed by atoms with van der Waals surface area (Å²) in [5, 5.41) is 0. The number of carbonyl (C=O) groups is 1. The molecule has 2 aliphatic rings. The summed E-state index contributed by atoms with van der Waals surface area (Å²) in [6, 6.07) is 12.1. The quantitative estimate of drug-likeness (QED) is 0.688. The summed E-state index contributed by atoms with van der Waals surface area (Å²) >= 11 is 0. The van der Waals surface area contributed by atoms with Crippen LogP contribution < -0.4 is 14.2 Å². The van der Waals surface area contributed by atoms with Gasteiger partial charge in [-0.25, -0.2) is 0 Å². The van der Waals surface area contributed by atoms with Crippen LogP contribution in [0.1, 0.15) is 16.7 Å². The summed E-state index contributed by atoms with van der Waals surface area (Å²) in [6.07, 6.45) is 4.52. The fraction of sp³-hybridized carbons (Fsp3) is 0.375. The van der Waals surface area contributed by atoms with Crippen LogP contribution in [0.25, 0.3) is 6.08 Å². The molecule has 4 rings (SSSR count). The first kappa shape index (κ1) is 20.3. The van der Waals surface area contributed by atoms with Crippen molar-refractivity contribution < 1.29 is 19.0 Å². The molecule has 2 aromatic rings. The Morgan fingerprint density at radius 3 is 2.60 bits per heavy atom. The Kier molecular flexibility index (Phi) is 6.23. The Labute approximate surface area is 177 Å². The van der Waals surface area contributed by atoms with Crippen LogP contribution in [0.3, 0.4) is 0 Å². The van der Waals surface area contributed by atoms with Gasteiger partial charge in [-0.2, -0.15) is 0 Å². The van der Waals surface area contributed by atoms with Gasteiger partial charge < -0.3 is 19.1 Å². The van der Waals surface area contributed by atoms with Crippen molar-refractivity contribution in [2.45, 2.75) is 13.0 Å². The molecule has 1 amide bonds. The molecule has 0 aliphatic carbocycles. The van der Waals surface area contributed by atoms with Crippen molar-refractivity contribution in [3.63, 3.8) is 0 Å². The van der Waals surface area contributed by atoms with E-state index >= 15 is 0 Å². The molecule has 2 heterocycles. The first-order valence-electron chi connectivity index (χ1n) is 10.3. The Morgan fingerprint density at radius 2 is 1.83 bits per heavy atom. The number of hydrogen-bond donors (Lipinski definition) is 0. The lowest BCUT2D eigenvalue weighted by atomic mass is 10.1. The van der Waals surface area contributed by atoms with Gasteiger partial charge in [0.05, 0.1) is 20.8 Å². The zero-order valence-electron chi connectivity index (χ0n) is 17.6. The zero-order chi connectivity index (χ0) is 20.9. The maximum absolute atomic E-state index is 12.6. The van der Waals surface area contributed by atoms with Crippen molar-refractivity contribution in [3.8, 4) is 17.2 Å².